The second kappa shape index (κ2) is 8.43. The molecule has 3 unspecified atom stereocenters. The van der Waals surface area contributed by atoms with Crippen LogP contribution in [0.3, 0.4) is 0 Å². The highest BCUT2D eigenvalue weighted by Gasteiger charge is 2.39. The Hall–Kier alpha value is -2.22. The predicted molar refractivity (Wildman–Crippen MR) is 104 cm³/mol. The van der Waals surface area contributed by atoms with Crippen molar-refractivity contribution in [1.82, 2.24) is 20.9 Å². The van der Waals surface area contributed by atoms with E-state index >= 15 is 0 Å². The van der Waals surface area contributed by atoms with Crippen LogP contribution < -0.4 is 10.9 Å². The molecule has 3 atom stereocenters. The molecule has 1 aromatic heterocycles. The number of carbonyl (C=O) groups is 1. The van der Waals surface area contributed by atoms with Gasteiger partial charge in [-0.25, -0.2) is 0 Å². The van der Waals surface area contributed by atoms with Gasteiger partial charge in [0, 0.05) is 38.9 Å². The second-order valence-corrected chi connectivity index (χ2v) is 7.72. The van der Waals surface area contributed by atoms with Crippen LogP contribution in [0.5, 0.6) is 0 Å². The van der Waals surface area contributed by atoms with E-state index in [4.69, 9.17) is 9.26 Å². The van der Waals surface area contributed by atoms with Crippen molar-refractivity contribution in [3.63, 3.8) is 0 Å². The van der Waals surface area contributed by atoms with Gasteiger partial charge in [0.1, 0.15) is 5.76 Å². The Labute approximate surface area is 165 Å². The van der Waals surface area contributed by atoms with Crippen LogP contribution in [0.2, 0.25) is 0 Å². The average molecular weight is 384 g/mol. The number of hydrogen-bond acceptors (Lipinski definition) is 6. The van der Waals surface area contributed by atoms with Crippen molar-refractivity contribution < 1.29 is 14.1 Å². The van der Waals surface area contributed by atoms with Crippen LogP contribution >= 0.6 is 0 Å². The molecule has 3 heterocycles. The highest BCUT2D eigenvalue weighted by Crippen LogP contribution is 2.33. The van der Waals surface area contributed by atoms with Crippen molar-refractivity contribution in [2.75, 3.05) is 26.7 Å². The highest BCUT2D eigenvalue weighted by atomic mass is 16.5. The molecule has 2 fully saturated rings. The fourth-order valence-electron chi connectivity index (χ4n) is 4.45. The minimum atomic E-state index is -0.533. The summed E-state index contributed by atoms with van der Waals surface area (Å²) in [6.07, 6.45) is 1.38. The lowest BCUT2D eigenvalue weighted by atomic mass is 9.82. The van der Waals surface area contributed by atoms with Gasteiger partial charge in [0.25, 0.3) is 5.91 Å². The number of carbonyl (C=O) groups excluding carboxylic acids is 1. The molecule has 0 bridgehead atoms. The molecule has 7 heteroatoms. The van der Waals surface area contributed by atoms with Gasteiger partial charge in [-0.2, -0.15) is 0 Å². The summed E-state index contributed by atoms with van der Waals surface area (Å²) in [5.74, 6) is 1.73. The van der Waals surface area contributed by atoms with Crippen LogP contribution in [-0.4, -0.2) is 48.7 Å². The molecular formula is C21H28N4O3. The van der Waals surface area contributed by atoms with Crippen LogP contribution in [0.15, 0.2) is 40.9 Å². The number of aryl methyl sites for hydroxylation is 1. The van der Waals surface area contributed by atoms with E-state index in [1.807, 2.05) is 48.2 Å². The van der Waals surface area contributed by atoms with E-state index < -0.39 is 6.10 Å². The van der Waals surface area contributed by atoms with Gasteiger partial charge in [-0.3, -0.25) is 15.6 Å². The van der Waals surface area contributed by atoms with Crippen molar-refractivity contribution in [1.29, 1.82) is 0 Å². The minimum absolute atomic E-state index is 0.0482. The standard InChI is InChI=1S/C21H28N4O3/c1-14-12-18(28-24-14)17-13-22-23-19(17)15-8-10-25(11-9-15)21(26)20(27-2)16-6-4-3-5-7-16/h3-7,12,15,17,19-20,22-23H,8-11,13H2,1-2H3. The second-order valence-electron chi connectivity index (χ2n) is 7.72. The zero-order chi connectivity index (χ0) is 19.5. The molecule has 1 aromatic carbocycles. The number of piperidine rings is 1. The summed E-state index contributed by atoms with van der Waals surface area (Å²) in [7, 11) is 1.60. The molecule has 0 radical (unpaired) electrons. The molecule has 2 N–H and O–H groups in total. The van der Waals surface area contributed by atoms with E-state index in [1.165, 1.54) is 0 Å². The molecule has 4 rings (SSSR count). The lowest BCUT2D eigenvalue weighted by molar-refractivity contribution is -0.144. The minimum Gasteiger partial charge on any atom is -0.367 e. The Morgan fingerprint density at radius 2 is 2.04 bits per heavy atom. The van der Waals surface area contributed by atoms with Crippen LogP contribution in [0.25, 0.3) is 0 Å². The molecule has 2 aliphatic heterocycles. The number of nitrogens with zero attached hydrogens (tertiary/aromatic N) is 2. The number of aromatic nitrogens is 1. The monoisotopic (exact) mass is 384 g/mol. The lowest BCUT2D eigenvalue weighted by Gasteiger charge is -2.37. The van der Waals surface area contributed by atoms with E-state index in [-0.39, 0.29) is 17.9 Å². The Morgan fingerprint density at radius 1 is 1.29 bits per heavy atom. The molecule has 28 heavy (non-hydrogen) atoms. The maximum absolute atomic E-state index is 13.0. The van der Waals surface area contributed by atoms with Gasteiger partial charge in [0.15, 0.2) is 6.10 Å². The fraction of sp³-hybridized carbons (Fsp3) is 0.524. The smallest absolute Gasteiger partial charge is 0.256 e. The van der Waals surface area contributed by atoms with E-state index in [0.29, 0.717) is 5.92 Å². The predicted octanol–water partition coefficient (Wildman–Crippen LogP) is 2.17. The van der Waals surface area contributed by atoms with E-state index in [1.54, 1.807) is 7.11 Å². The number of rotatable bonds is 5. The maximum atomic E-state index is 13.0. The zero-order valence-electron chi connectivity index (χ0n) is 16.4. The number of amides is 1. The third kappa shape index (κ3) is 3.83. The number of ether oxygens (including phenoxy) is 1. The first kappa shape index (κ1) is 19.1. The van der Waals surface area contributed by atoms with Crippen LogP contribution in [-0.2, 0) is 9.53 Å². The van der Waals surface area contributed by atoms with E-state index in [0.717, 1.165) is 49.5 Å². The molecule has 2 saturated heterocycles. The zero-order valence-corrected chi connectivity index (χ0v) is 16.4. The number of likely N-dealkylation sites (tertiary alicyclic amines) is 1. The fourth-order valence-corrected chi connectivity index (χ4v) is 4.45. The number of methoxy groups -OCH3 is 1. The maximum Gasteiger partial charge on any atom is 0.256 e. The van der Waals surface area contributed by atoms with Crippen molar-refractivity contribution >= 4 is 5.91 Å². The first-order valence-corrected chi connectivity index (χ1v) is 9.95. The number of nitrogens with one attached hydrogen (secondary N) is 2. The molecule has 0 aliphatic carbocycles. The Kier molecular flexibility index (Phi) is 5.75. The van der Waals surface area contributed by atoms with Gasteiger partial charge < -0.3 is 14.2 Å². The summed E-state index contributed by atoms with van der Waals surface area (Å²) in [5.41, 5.74) is 8.51. The van der Waals surface area contributed by atoms with Crippen LogP contribution in [0.1, 0.15) is 41.9 Å². The normalized spacial score (nSPS) is 24.4. The van der Waals surface area contributed by atoms with Gasteiger partial charge >= 0.3 is 0 Å². The molecule has 7 nitrogen and oxygen atoms in total. The van der Waals surface area contributed by atoms with Gasteiger partial charge in [0.05, 0.1) is 11.6 Å². The Balaban J connectivity index is 1.38. The molecule has 2 aromatic rings. The molecule has 0 spiro atoms. The quantitative estimate of drug-likeness (QED) is 0.823. The molecule has 1 amide bonds. The highest BCUT2D eigenvalue weighted by molar-refractivity contribution is 5.82. The van der Waals surface area contributed by atoms with Crippen molar-refractivity contribution in [2.45, 2.75) is 37.8 Å². The van der Waals surface area contributed by atoms with E-state index in [2.05, 4.69) is 16.0 Å². The first-order valence-electron chi connectivity index (χ1n) is 9.95. The summed E-state index contributed by atoms with van der Waals surface area (Å²) < 4.78 is 11.0. The third-order valence-corrected chi connectivity index (χ3v) is 5.96. The van der Waals surface area contributed by atoms with E-state index in [9.17, 15) is 4.79 Å². The number of benzene rings is 1. The van der Waals surface area contributed by atoms with Crippen LogP contribution in [0, 0.1) is 12.8 Å². The summed E-state index contributed by atoms with van der Waals surface area (Å²) >= 11 is 0. The average Bonchev–Trinajstić information content (AvgIpc) is 3.38. The Bertz CT molecular complexity index is 786. The lowest BCUT2D eigenvalue weighted by Crippen LogP contribution is -2.47. The Morgan fingerprint density at radius 3 is 2.68 bits per heavy atom. The van der Waals surface area contributed by atoms with Crippen molar-refractivity contribution in [3.8, 4) is 0 Å². The topological polar surface area (TPSA) is 79.6 Å². The molecular weight excluding hydrogens is 356 g/mol. The summed E-state index contributed by atoms with van der Waals surface area (Å²) in [4.78, 5) is 14.9. The van der Waals surface area contributed by atoms with Gasteiger partial charge in [-0.15, -0.1) is 0 Å². The first-order chi connectivity index (χ1) is 13.7. The van der Waals surface area contributed by atoms with Crippen LogP contribution in [0.4, 0.5) is 0 Å². The van der Waals surface area contributed by atoms with Gasteiger partial charge in [0.2, 0.25) is 0 Å². The number of hydrazine groups is 1. The molecule has 150 valence electrons. The van der Waals surface area contributed by atoms with Gasteiger partial charge in [-0.1, -0.05) is 35.5 Å². The summed E-state index contributed by atoms with van der Waals surface area (Å²) in [6, 6.07) is 12.0. The van der Waals surface area contributed by atoms with Gasteiger partial charge in [-0.05, 0) is 31.2 Å². The molecule has 2 aliphatic rings. The van der Waals surface area contributed by atoms with Crippen molar-refractivity contribution in [3.05, 3.63) is 53.4 Å². The number of hydrogen-bond donors (Lipinski definition) is 2. The SMILES string of the molecule is COC(C(=O)N1CCC(C2NNCC2c2cc(C)no2)CC1)c1ccccc1. The van der Waals surface area contributed by atoms with Crippen molar-refractivity contribution in [2.24, 2.45) is 5.92 Å². The summed E-state index contributed by atoms with van der Waals surface area (Å²) in [6.45, 7) is 4.27. The third-order valence-electron chi connectivity index (χ3n) is 5.96. The molecule has 0 saturated carbocycles. The summed E-state index contributed by atoms with van der Waals surface area (Å²) in [5, 5.41) is 4.04. The largest absolute Gasteiger partial charge is 0.367 e.